The largest absolute Gasteiger partial charge is 0.472 e. The summed E-state index contributed by atoms with van der Waals surface area (Å²) in [6.45, 7) is 2.27. The molecule has 0 fully saturated rings. The minimum atomic E-state index is -0.00391. The molecule has 3 heterocycles. The van der Waals surface area contributed by atoms with Gasteiger partial charge in [-0.05, 0) is 30.3 Å². The number of carbonyl (C=O) groups is 1. The summed E-state index contributed by atoms with van der Waals surface area (Å²) >= 11 is 0. The van der Waals surface area contributed by atoms with Crippen LogP contribution in [0, 0.1) is 0 Å². The van der Waals surface area contributed by atoms with Crippen molar-refractivity contribution in [3.8, 4) is 5.88 Å². The molecule has 0 bridgehead atoms. The van der Waals surface area contributed by atoms with Crippen LogP contribution >= 0.6 is 0 Å². The van der Waals surface area contributed by atoms with E-state index in [-0.39, 0.29) is 12.2 Å². The van der Waals surface area contributed by atoms with Gasteiger partial charge in [-0.15, -0.1) is 5.10 Å². The van der Waals surface area contributed by atoms with Gasteiger partial charge in [0.15, 0.2) is 5.78 Å². The molecule has 0 amide bonds. The first-order valence-electron chi connectivity index (χ1n) is 9.36. The van der Waals surface area contributed by atoms with Crippen molar-refractivity contribution in [2.45, 2.75) is 26.0 Å². The number of aromatic nitrogens is 3. The average Bonchev–Trinajstić information content (AvgIpc) is 2.73. The monoisotopic (exact) mass is 374 g/mol. The van der Waals surface area contributed by atoms with Crippen molar-refractivity contribution in [3.05, 3.63) is 82.8 Å². The lowest BCUT2D eigenvalue weighted by atomic mass is 10.0. The Morgan fingerprint density at radius 1 is 1.14 bits per heavy atom. The maximum absolute atomic E-state index is 12.6. The number of pyridine rings is 1. The van der Waals surface area contributed by atoms with Crippen LogP contribution in [0.25, 0.3) is 0 Å². The van der Waals surface area contributed by atoms with E-state index in [2.05, 4.69) is 27.1 Å². The number of rotatable bonds is 6. The number of ether oxygens (including phenoxy) is 1. The van der Waals surface area contributed by atoms with E-state index in [1.54, 1.807) is 18.3 Å². The first kappa shape index (κ1) is 18.3. The normalized spacial score (nSPS) is 13.8. The summed E-state index contributed by atoms with van der Waals surface area (Å²) in [4.78, 5) is 19.3. The number of nitrogens with zero attached hydrogens (tertiary/aromatic N) is 4. The quantitative estimate of drug-likeness (QED) is 0.618. The van der Waals surface area contributed by atoms with Gasteiger partial charge in [0.2, 0.25) is 5.88 Å². The topological polar surface area (TPSA) is 68.2 Å². The molecule has 0 radical (unpaired) electrons. The van der Waals surface area contributed by atoms with E-state index in [4.69, 9.17) is 4.74 Å². The van der Waals surface area contributed by atoms with Crippen LogP contribution in [0.2, 0.25) is 0 Å². The van der Waals surface area contributed by atoms with Gasteiger partial charge in [0.1, 0.15) is 6.61 Å². The fourth-order valence-electron chi connectivity index (χ4n) is 3.24. The number of Topliss-reactive ketones (excluding diaryl/α,β-unsaturated/α-hetero) is 1. The van der Waals surface area contributed by atoms with Crippen LogP contribution in [-0.4, -0.2) is 39.5 Å². The Balaban J connectivity index is 1.37. The molecule has 3 aromatic rings. The molecule has 0 saturated heterocycles. The Hall–Kier alpha value is -3.12. The van der Waals surface area contributed by atoms with E-state index in [0.717, 1.165) is 36.3 Å². The molecule has 0 spiro atoms. The Morgan fingerprint density at radius 3 is 2.79 bits per heavy atom. The Morgan fingerprint density at radius 2 is 2.00 bits per heavy atom. The van der Waals surface area contributed by atoms with Crippen LogP contribution in [0.4, 0.5) is 0 Å². The van der Waals surface area contributed by atoms with Crippen LogP contribution in [0.3, 0.4) is 0 Å². The van der Waals surface area contributed by atoms with Crippen LogP contribution in [0.15, 0.2) is 54.7 Å². The third-order valence-electron chi connectivity index (χ3n) is 4.82. The van der Waals surface area contributed by atoms with E-state index < -0.39 is 0 Å². The average molecular weight is 374 g/mol. The maximum Gasteiger partial charge on any atom is 0.233 e. The summed E-state index contributed by atoms with van der Waals surface area (Å²) in [5.41, 5.74) is 4.53. The summed E-state index contributed by atoms with van der Waals surface area (Å²) in [6.07, 6.45) is 2.80. The Labute approximate surface area is 164 Å². The third kappa shape index (κ3) is 4.40. The predicted molar refractivity (Wildman–Crippen MR) is 105 cm³/mol. The predicted octanol–water partition coefficient (Wildman–Crippen LogP) is 2.86. The maximum atomic E-state index is 12.6. The van der Waals surface area contributed by atoms with Crippen molar-refractivity contribution in [2.24, 2.45) is 0 Å². The summed E-state index contributed by atoms with van der Waals surface area (Å²) < 4.78 is 5.64. The van der Waals surface area contributed by atoms with Crippen molar-refractivity contribution < 1.29 is 9.53 Å². The molecule has 0 unspecified atom stereocenters. The summed E-state index contributed by atoms with van der Waals surface area (Å²) in [5.74, 6) is 0.439. The molecule has 1 aromatic carbocycles. The number of fused-ring (bicyclic) bond motifs is 1. The van der Waals surface area contributed by atoms with Gasteiger partial charge in [0.25, 0.3) is 0 Å². The van der Waals surface area contributed by atoms with Gasteiger partial charge in [-0.2, -0.15) is 5.10 Å². The lowest BCUT2D eigenvalue weighted by Crippen LogP contribution is -2.27. The van der Waals surface area contributed by atoms with Gasteiger partial charge in [-0.3, -0.25) is 9.78 Å². The van der Waals surface area contributed by atoms with E-state index in [1.807, 2.05) is 36.4 Å². The first-order valence-corrected chi connectivity index (χ1v) is 9.36. The lowest BCUT2D eigenvalue weighted by Gasteiger charge is -2.24. The number of benzene rings is 1. The molecule has 142 valence electrons. The zero-order valence-corrected chi connectivity index (χ0v) is 15.8. The second-order valence-corrected chi connectivity index (χ2v) is 7.05. The Kier molecular flexibility index (Phi) is 5.39. The Bertz CT molecular complexity index is 958. The lowest BCUT2D eigenvalue weighted by molar-refractivity contribution is 0.0991. The number of hydrogen-bond acceptors (Lipinski definition) is 6. The van der Waals surface area contributed by atoms with Gasteiger partial charge >= 0.3 is 0 Å². The fourth-order valence-corrected chi connectivity index (χ4v) is 3.24. The van der Waals surface area contributed by atoms with E-state index in [0.29, 0.717) is 23.7 Å². The highest BCUT2D eigenvalue weighted by atomic mass is 16.5. The van der Waals surface area contributed by atoms with E-state index >= 15 is 0 Å². The van der Waals surface area contributed by atoms with Gasteiger partial charge in [0, 0.05) is 43.0 Å². The van der Waals surface area contributed by atoms with E-state index in [9.17, 15) is 4.79 Å². The van der Waals surface area contributed by atoms with E-state index in [1.165, 1.54) is 0 Å². The minimum absolute atomic E-state index is 0.00391. The van der Waals surface area contributed by atoms with Gasteiger partial charge in [0.05, 0.1) is 12.1 Å². The molecule has 2 aromatic heterocycles. The summed E-state index contributed by atoms with van der Waals surface area (Å²) in [5, 5.41) is 8.21. The van der Waals surface area contributed by atoms with Crippen LogP contribution in [0.5, 0.6) is 5.88 Å². The van der Waals surface area contributed by atoms with Crippen LogP contribution < -0.4 is 4.74 Å². The highest BCUT2D eigenvalue weighted by molar-refractivity contribution is 5.97. The number of hydrogen-bond donors (Lipinski definition) is 0. The molecule has 0 N–H and O–H groups in total. The smallest absolute Gasteiger partial charge is 0.233 e. The second-order valence-electron chi connectivity index (χ2n) is 7.05. The number of ketones is 1. The third-order valence-corrected chi connectivity index (χ3v) is 4.82. The first-order chi connectivity index (χ1) is 13.7. The van der Waals surface area contributed by atoms with Crippen molar-refractivity contribution in [1.82, 2.24) is 20.1 Å². The molecule has 4 rings (SSSR count). The van der Waals surface area contributed by atoms with Crippen LogP contribution in [0.1, 0.15) is 32.9 Å². The van der Waals surface area contributed by atoms with Crippen molar-refractivity contribution in [2.75, 3.05) is 13.6 Å². The molecule has 0 atom stereocenters. The highest BCUT2D eigenvalue weighted by Gasteiger charge is 2.17. The molecule has 1 aliphatic rings. The molecule has 1 aliphatic heterocycles. The zero-order valence-electron chi connectivity index (χ0n) is 15.8. The molecular formula is C22H22N4O2. The molecular weight excluding hydrogens is 352 g/mol. The molecule has 28 heavy (non-hydrogen) atoms. The molecule has 6 nitrogen and oxygen atoms in total. The van der Waals surface area contributed by atoms with Crippen LogP contribution in [-0.2, 0) is 26.0 Å². The number of carbonyl (C=O) groups excluding carboxylic acids is 1. The standard InChI is InChI=1S/C22H22N4O2/c1-26-10-9-20-18(14-26)11-17(13-23-20)21(27)12-19-7-8-22(25-24-19)28-15-16-5-3-2-4-6-16/h2-8,11,13H,9-10,12,14-15H2,1H3. The molecule has 6 heteroatoms. The SMILES string of the molecule is CN1CCc2ncc(C(=O)Cc3ccc(OCc4ccccc4)nn3)cc2C1. The van der Waals surface area contributed by atoms with Crippen molar-refractivity contribution in [3.63, 3.8) is 0 Å². The van der Waals surface area contributed by atoms with Crippen molar-refractivity contribution >= 4 is 5.78 Å². The fraction of sp³-hybridized carbons (Fsp3) is 0.273. The summed E-state index contributed by atoms with van der Waals surface area (Å²) in [6, 6.07) is 15.4. The van der Waals surface area contributed by atoms with Gasteiger partial charge in [-0.25, -0.2) is 0 Å². The highest BCUT2D eigenvalue weighted by Crippen LogP contribution is 2.18. The summed E-state index contributed by atoms with van der Waals surface area (Å²) in [7, 11) is 2.08. The number of likely N-dealkylation sites (N-methyl/N-ethyl adjacent to an activating group) is 1. The molecule has 0 saturated carbocycles. The van der Waals surface area contributed by atoms with Gasteiger partial charge in [-0.1, -0.05) is 30.3 Å². The second kappa shape index (κ2) is 8.27. The van der Waals surface area contributed by atoms with Crippen molar-refractivity contribution in [1.29, 1.82) is 0 Å². The van der Waals surface area contributed by atoms with Gasteiger partial charge < -0.3 is 9.64 Å². The molecule has 0 aliphatic carbocycles. The zero-order chi connectivity index (χ0) is 19.3. The minimum Gasteiger partial charge on any atom is -0.472 e.